The maximum Gasteiger partial charge on any atom is 0.281 e. The second kappa shape index (κ2) is 7.49. The number of halogens is 1. The topological polar surface area (TPSA) is 88.3 Å². The minimum absolute atomic E-state index is 0.108. The van der Waals surface area contributed by atoms with Crippen molar-refractivity contribution in [2.24, 2.45) is 16.9 Å². The normalized spacial score (nSPS) is 25.0. The van der Waals surface area contributed by atoms with Gasteiger partial charge in [0.15, 0.2) is 5.03 Å². The first-order valence-electron chi connectivity index (χ1n) is 8.09. The smallest absolute Gasteiger partial charge is 0.281 e. The van der Waals surface area contributed by atoms with Crippen LogP contribution in [0.3, 0.4) is 0 Å². The quantitative estimate of drug-likeness (QED) is 0.559. The summed E-state index contributed by atoms with van der Waals surface area (Å²) in [6.45, 7) is 4.92. The maximum absolute atomic E-state index is 12.8. The van der Waals surface area contributed by atoms with Gasteiger partial charge in [0.25, 0.3) is 11.9 Å². The molecule has 2 saturated heterocycles. The Bertz CT molecular complexity index is 694. The molecule has 0 spiro atoms. The van der Waals surface area contributed by atoms with Crippen molar-refractivity contribution < 1.29 is 14.6 Å². The Labute approximate surface area is 153 Å². The molecule has 1 aromatic rings. The van der Waals surface area contributed by atoms with Gasteiger partial charge in [-0.1, -0.05) is 22.9 Å². The highest BCUT2D eigenvalue weighted by atomic mass is 79.9. The van der Waals surface area contributed by atoms with Crippen LogP contribution in [0.25, 0.3) is 0 Å². The number of ether oxygens (including phenoxy) is 1. The largest absolute Gasteiger partial charge is 0.381 e. The third kappa shape index (κ3) is 3.98. The molecule has 8 nitrogen and oxygen atoms in total. The first kappa shape index (κ1) is 17.8. The van der Waals surface area contributed by atoms with Gasteiger partial charge >= 0.3 is 0 Å². The van der Waals surface area contributed by atoms with Crippen molar-refractivity contribution in [2.75, 3.05) is 32.8 Å². The van der Waals surface area contributed by atoms with Crippen LogP contribution in [0.5, 0.6) is 0 Å². The van der Waals surface area contributed by atoms with Crippen molar-refractivity contribution in [2.45, 2.75) is 6.92 Å². The zero-order chi connectivity index (χ0) is 18.0. The molecule has 2 aliphatic rings. The van der Waals surface area contributed by atoms with Crippen molar-refractivity contribution in [3.63, 3.8) is 0 Å². The average Bonchev–Trinajstić information content (AvgIpc) is 3.15. The van der Waals surface area contributed by atoms with Crippen LogP contribution in [0, 0.1) is 22.0 Å². The van der Waals surface area contributed by atoms with Gasteiger partial charge in [-0.3, -0.25) is 9.69 Å². The molecule has 2 aliphatic heterocycles. The van der Waals surface area contributed by atoms with Gasteiger partial charge in [0.05, 0.1) is 6.61 Å². The predicted octanol–water partition coefficient (Wildman–Crippen LogP) is 2.04. The van der Waals surface area contributed by atoms with Crippen LogP contribution >= 0.6 is 15.9 Å². The Morgan fingerprint density at radius 1 is 1.36 bits per heavy atom. The van der Waals surface area contributed by atoms with Crippen molar-refractivity contribution in [1.29, 1.82) is 0 Å². The molecule has 3 rings (SSSR count). The number of hydrazone groups is 1. The second-order valence-corrected chi connectivity index (χ2v) is 7.24. The van der Waals surface area contributed by atoms with Crippen LogP contribution < -0.4 is 0 Å². The molecule has 0 aliphatic carbocycles. The van der Waals surface area contributed by atoms with E-state index in [4.69, 9.17) is 4.74 Å². The summed E-state index contributed by atoms with van der Waals surface area (Å²) in [5.74, 6) is 0.483. The van der Waals surface area contributed by atoms with Crippen molar-refractivity contribution >= 4 is 27.8 Å². The number of nitrogens with zero attached hydrogens (tertiary/aromatic N) is 4. The Kier molecular flexibility index (Phi) is 5.33. The van der Waals surface area contributed by atoms with Crippen LogP contribution in [0.4, 0.5) is 0 Å². The van der Waals surface area contributed by atoms with E-state index >= 15 is 0 Å². The van der Waals surface area contributed by atoms with Gasteiger partial charge in [-0.2, -0.15) is 0 Å². The maximum atomic E-state index is 12.8. The predicted molar refractivity (Wildman–Crippen MR) is 94.7 cm³/mol. The van der Waals surface area contributed by atoms with Crippen molar-refractivity contribution in [3.05, 3.63) is 44.4 Å². The number of carbonyl (C=O) groups excluding carboxylic acids is 1. The van der Waals surface area contributed by atoms with Gasteiger partial charge in [0.2, 0.25) is 0 Å². The molecule has 0 aromatic heterocycles. The molecule has 2 atom stereocenters. The SMILES string of the molecule is CC1COCC1CN1CCN(C(=O)c2ccc(Br)cc2)C1=N[N+](=O)[O-]. The van der Waals surface area contributed by atoms with Crippen LogP contribution in [-0.2, 0) is 4.74 Å². The number of hydrogen-bond acceptors (Lipinski definition) is 4. The zero-order valence-corrected chi connectivity index (χ0v) is 15.4. The average molecular weight is 411 g/mol. The van der Waals surface area contributed by atoms with E-state index in [-0.39, 0.29) is 17.8 Å². The Morgan fingerprint density at radius 2 is 2.08 bits per heavy atom. The van der Waals surface area contributed by atoms with Gasteiger partial charge < -0.3 is 9.64 Å². The Morgan fingerprint density at radius 3 is 2.68 bits per heavy atom. The molecule has 0 bridgehead atoms. The molecule has 1 aromatic carbocycles. The molecule has 9 heteroatoms. The lowest BCUT2D eigenvalue weighted by Gasteiger charge is -2.23. The van der Waals surface area contributed by atoms with Gasteiger partial charge in [-0.05, 0) is 30.2 Å². The molecule has 2 heterocycles. The Hall–Kier alpha value is -2.00. The minimum atomic E-state index is -0.746. The molecule has 1 amide bonds. The fourth-order valence-electron chi connectivity index (χ4n) is 3.12. The molecule has 0 saturated carbocycles. The summed E-state index contributed by atoms with van der Waals surface area (Å²) >= 11 is 3.33. The summed E-state index contributed by atoms with van der Waals surface area (Å²) < 4.78 is 6.33. The van der Waals surface area contributed by atoms with E-state index in [1.165, 1.54) is 4.90 Å². The molecule has 25 heavy (non-hydrogen) atoms. The van der Waals surface area contributed by atoms with Gasteiger partial charge in [0, 0.05) is 42.2 Å². The minimum Gasteiger partial charge on any atom is -0.381 e. The number of rotatable bonds is 4. The van der Waals surface area contributed by atoms with E-state index in [0.29, 0.717) is 44.3 Å². The zero-order valence-electron chi connectivity index (χ0n) is 13.8. The summed E-state index contributed by atoms with van der Waals surface area (Å²) in [7, 11) is 0. The third-order valence-corrected chi connectivity index (χ3v) is 5.13. The summed E-state index contributed by atoms with van der Waals surface area (Å²) in [6.07, 6.45) is 0. The van der Waals surface area contributed by atoms with E-state index < -0.39 is 5.03 Å². The monoisotopic (exact) mass is 410 g/mol. The second-order valence-electron chi connectivity index (χ2n) is 6.32. The lowest BCUT2D eigenvalue weighted by molar-refractivity contribution is -0.486. The van der Waals surface area contributed by atoms with Gasteiger partial charge in [-0.25, -0.2) is 10.1 Å². The highest BCUT2D eigenvalue weighted by Gasteiger charge is 2.37. The molecular weight excluding hydrogens is 392 g/mol. The number of benzene rings is 1. The van der Waals surface area contributed by atoms with Crippen LogP contribution in [0.1, 0.15) is 17.3 Å². The molecule has 134 valence electrons. The lowest BCUT2D eigenvalue weighted by atomic mass is 9.98. The third-order valence-electron chi connectivity index (χ3n) is 4.60. The summed E-state index contributed by atoms with van der Waals surface area (Å²) in [5.41, 5.74) is 0.471. The number of carbonyl (C=O) groups is 1. The van der Waals surface area contributed by atoms with E-state index in [1.807, 2.05) is 4.90 Å². The fourth-order valence-corrected chi connectivity index (χ4v) is 3.38. The molecule has 0 radical (unpaired) electrons. The number of nitro groups is 1. The van der Waals surface area contributed by atoms with Crippen LogP contribution in [-0.4, -0.2) is 59.5 Å². The highest BCUT2D eigenvalue weighted by Crippen LogP contribution is 2.24. The van der Waals surface area contributed by atoms with Crippen molar-refractivity contribution in [1.82, 2.24) is 9.80 Å². The van der Waals surface area contributed by atoms with Gasteiger partial charge in [-0.15, -0.1) is 0 Å². The van der Waals surface area contributed by atoms with E-state index in [1.54, 1.807) is 24.3 Å². The molecular formula is C16H19BrN4O4. The lowest BCUT2D eigenvalue weighted by Crippen LogP contribution is -2.41. The summed E-state index contributed by atoms with van der Waals surface area (Å²) in [4.78, 5) is 26.9. The number of hydrogen-bond donors (Lipinski definition) is 0. The summed E-state index contributed by atoms with van der Waals surface area (Å²) in [5, 5.41) is 13.7. The molecule has 0 N–H and O–H groups in total. The van der Waals surface area contributed by atoms with E-state index in [2.05, 4.69) is 28.0 Å². The fraction of sp³-hybridized carbons (Fsp3) is 0.500. The van der Waals surface area contributed by atoms with Crippen LogP contribution in [0.15, 0.2) is 33.8 Å². The van der Waals surface area contributed by atoms with Crippen molar-refractivity contribution in [3.8, 4) is 0 Å². The first-order valence-corrected chi connectivity index (χ1v) is 8.88. The highest BCUT2D eigenvalue weighted by molar-refractivity contribution is 9.10. The molecule has 2 fully saturated rings. The summed E-state index contributed by atoms with van der Waals surface area (Å²) in [6, 6.07) is 6.91. The van der Waals surface area contributed by atoms with Gasteiger partial charge in [0.1, 0.15) is 5.10 Å². The van der Waals surface area contributed by atoms with E-state index in [0.717, 1.165) is 4.47 Å². The first-order chi connectivity index (χ1) is 12.0. The number of amides is 1. The number of guanidine groups is 1. The van der Waals surface area contributed by atoms with E-state index in [9.17, 15) is 14.9 Å². The van der Waals surface area contributed by atoms with Crippen LogP contribution in [0.2, 0.25) is 0 Å². The Balaban J connectivity index is 1.80. The standard InChI is InChI=1S/C16H19BrN4O4/c1-11-9-25-10-13(11)8-19-6-7-20(16(19)18-21(23)24)15(22)12-2-4-14(17)5-3-12/h2-5,11,13H,6-10H2,1H3. The molecule has 2 unspecified atom stereocenters.